The Morgan fingerprint density at radius 1 is 1.06 bits per heavy atom. The zero-order valence-corrected chi connectivity index (χ0v) is 29.5. The molecule has 276 valence electrons. The predicted molar refractivity (Wildman–Crippen MR) is 194 cm³/mol. The lowest BCUT2D eigenvalue weighted by molar-refractivity contribution is -0.135. The monoisotopic (exact) mass is 724 g/mol. The molecule has 3 aliphatic heterocycles. The summed E-state index contributed by atoms with van der Waals surface area (Å²) in [6.45, 7) is 4.35. The molecule has 8 rings (SSSR count). The topological polar surface area (TPSA) is 130 Å². The SMILES string of the molecule is C#Cc1c(F)ccc2cc(O)cc(-c3ncc4c(N5CCCOCC5)nc(OC[C@]56CCC[C@H]5N(CCC5CC(=O)NC(=O)C5)CCC6)nc4c3F)c12. The summed E-state index contributed by atoms with van der Waals surface area (Å²) in [4.78, 5) is 42.6. The van der Waals surface area contributed by atoms with Gasteiger partial charge in [0.25, 0.3) is 0 Å². The number of anilines is 1. The van der Waals surface area contributed by atoms with Gasteiger partial charge >= 0.3 is 6.01 Å². The van der Waals surface area contributed by atoms with E-state index >= 15 is 4.39 Å². The smallest absolute Gasteiger partial charge is 0.319 e. The molecule has 0 bridgehead atoms. The third kappa shape index (κ3) is 6.74. The van der Waals surface area contributed by atoms with Gasteiger partial charge in [-0.2, -0.15) is 9.97 Å². The van der Waals surface area contributed by atoms with Gasteiger partial charge in [-0.3, -0.25) is 24.8 Å². The number of hydrogen-bond donors (Lipinski definition) is 2. The number of phenolic OH excluding ortho intramolecular Hbond substituents is 1. The number of likely N-dealkylation sites (tertiary alicyclic amines) is 1. The number of pyridine rings is 1. The number of piperidine rings is 2. The number of amides is 2. The number of nitrogens with one attached hydrogen (secondary N) is 1. The maximum Gasteiger partial charge on any atom is 0.319 e. The molecule has 11 nitrogen and oxygen atoms in total. The van der Waals surface area contributed by atoms with Gasteiger partial charge in [0.1, 0.15) is 28.6 Å². The summed E-state index contributed by atoms with van der Waals surface area (Å²) in [5.74, 6) is 0.967. The Morgan fingerprint density at radius 3 is 2.72 bits per heavy atom. The van der Waals surface area contributed by atoms with Crippen molar-refractivity contribution in [1.82, 2.24) is 25.2 Å². The molecule has 1 aliphatic carbocycles. The second-order valence-electron chi connectivity index (χ2n) is 14.9. The van der Waals surface area contributed by atoms with Crippen LogP contribution >= 0.6 is 0 Å². The normalized spacial score (nSPS) is 22.8. The van der Waals surface area contributed by atoms with Gasteiger partial charge in [-0.15, -0.1) is 6.42 Å². The van der Waals surface area contributed by atoms with Gasteiger partial charge in [-0.05, 0) is 81.1 Å². The van der Waals surface area contributed by atoms with Crippen LogP contribution in [0.15, 0.2) is 30.5 Å². The van der Waals surface area contributed by atoms with E-state index in [9.17, 15) is 19.1 Å². The average molecular weight is 725 g/mol. The number of fused-ring (bicyclic) bond motifs is 3. The van der Waals surface area contributed by atoms with Gasteiger partial charge in [-0.1, -0.05) is 18.4 Å². The lowest BCUT2D eigenvalue weighted by atomic mass is 9.75. The van der Waals surface area contributed by atoms with Gasteiger partial charge in [0.2, 0.25) is 11.8 Å². The van der Waals surface area contributed by atoms with E-state index in [1.54, 1.807) is 0 Å². The van der Waals surface area contributed by atoms with Crippen molar-refractivity contribution in [1.29, 1.82) is 0 Å². The quantitative estimate of drug-likeness (QED) is 0.178. The number of hydrogen-bond acceptors (Lipinski definition) is 10. The minimum Gasteiger partial charge on any atom is -0.508 e. The molecule has 2 aromatic carbocycles. The summed E-state index contributed by atoms with van der Waals surface area (Å²) in [7, 11) is 0. The minimum absolute atomic E-state index is 0.00729. The molecular weight excluding hydrogens is 682 g/mol. The summed E-state index contributed by atoms with van der Waals surface area (Å²) >= 11 is 0. The van der Waals surface area contributed by atoms with Crippen molar-refractivity contribution in [3.8, 4) is 35.4 Å². The van der Waals surface area contributed by atoms with E-state index in [0.29, 0.717) is 62.3 Å². The van der Waals surface area contributed by atoms with Crippen LogP contribution in [0.1, 0.15) is 63.4 Å². The zero-order valence-electron chi connectivity index (χ0n) is 29.5. The van der Waals surface area contributed by atoms with Crippen molar-refractivity contribution < 1.29 is 33.0 Å². The number of aromatic hydroxyl groups is 1. The van der Waals surface area contributed by atoms with Crippen LogP contribution in [0.3, 0.4) is 0 Å². The number of halogens is 2. The molecule has 0 radical (unpaired) electrons. The molecule has 4 aromatic rings. The minimum atomic E-state index is -0.767. The van der Waals surface area contributed by atoms with Crippen LogP contribution in [0.4, 0.5) is 14.6 Å². The summed E-state index contributed by atoms with van der Waals surface area (Å²) < 4.78 is 44.1. The lowest BCUT2D eigenvalue weighted by Gasteiger charge is -2.46. The van der Waals surface area contributed by atoms with Gasteiger partial charge < -0.3 is 19.5 Å². The highest BCUT2D eigenvalue weighted by Gasteiger charge is 2.48. The van der Waals surface area contributed by atoms with E-state index in [1.165, 1.54) is 30.5 Å². The fourth-order valence-corrected chi connectivity index (χ4v) is 9.12. The Morgan fingerprint density at radius 2 is 1.89 bits per heavy atom. The van der Waals surface area contributed by atoms with Gasteiger partial charge in [0, 0.05) is 61.1 Å². The summed E-state index contributed by atoms with van der Waals surface area (Å²) in [6, 6.07) is 5.80. The Kier molecular flexibility index (Phi) is 9.59. The molecule has 0 unspecified atom stereocenters. The maximum atomic E-state index is 17.0. The summed E-state index contributed by atoms with van der Waals surface area (Å²) in [6.07, 6.45) is 14.5. The number of carbonyl (C=O) groups excluding carboxylic acids is 2. The molecular formula is C40H42F2N6O5. The fourth-order valence-electron chi connectivity index (χ4n) is 9.12. The molecule has 1 saturated carbocycles. The maximum absolute atomic E-state index is 17.0. The first-order chi connectivity index (χ1) is 25.7. The number of aromatic nitrogens is 3. The van der Waals surface area contributed by atoms with Crippen LogP contribution in [-0.4, -0.2) is 88.8 Å². The van der Waals surface area contributed by atoms with Crippen molar-refractivity contribution in [3.05, 3.63) is 47.7 Å². The molecule has 4 aliphatic rings. The van der Waals surface area contributed by atoms with Crippen LogP contribution < -0.4 is 15.0 Å². The third-order valence-corrected chi connectivity index (χ3v) is 11.6. The number of imide groups is 1. The van der Waals surface area contributed by atoms with Crippen LogP contribution in [0.25, 0.3) is 32.9 Å². The molecule has 2 amide bonds. The Bertz CT molecular complexity index is 2120. The van der Waals surface area contributed by atoms with Crippen LogP contribution in [-0.2, 0) is 14.3 Å². The van der Waals surface area contributed by atoms with Crippen molar-refractivity contribution in [2.45, 2.75) is 63.8 Å². The molecule has 2 N–H and O–H groups in total. The first kappa shape index (κ1) is 35.1. The number of ether oxygens (including phenoxy) is 2. The molecule has 2 aromatic heterocycles. The van der Waals surface area contributed by atoms with E-state index in [0.717, 1.165) is 58.0 Å². The van der Waals surface area contributed by atoms with E-state index in [2.05, 4.69) is 26.1 Å². The second kappa shape index (κ2) is 14.5. The molecule has 3 saturated heterocycles. The van der Waals surface area contributed by atoms with Crippen molar-refractivity contribution in [3.63, 3.8) is 0 Å². The third-order valence-electron chi connectivity index (χ3n) is 11.6. The molecule has 5 heterocycles. The summed E-state index contributed by atoms with van der Waals surface area (Å²) in [5.41, 5.74) is -0.200. The number of carbonyl (C=O) groups is 2. The Balaban J connectivity index is 1.14. The van der Waals surface area contributed by atoms with Crippen molar-refractivity contribution in [2.24, 2.45) is 11.3 Å². The predicted octanol–water partition coefficient (Wildman–Crippen LogP) is 5.49. The standard InChI is InChI=1S/C40H42F2N6O5/c1-2-27-30(41)8-7-25-20-26(49)21-28(34(25)27)36-35(42)37-29(22-43-36)38(48-13-5-16-52-17-15-48)46-39(45-37)53-23-40-10-3-6-31(40)47(12-4-11-40)14-9-24-18-32(50)44-33(51)19-24/h1,7-8,20-22,24,31,49H,3-6,9-19,23H2,(H,44,50,51)/t31-,40-/m1/s1. The molecule has 2 atom stereocenters. The number of nitrogens with zero attached hydrogens (tertiary/aromatic N) is 5. The lowest BCUT2D eigenvalue weighted by Crippen LogP contribution is -2.52. The van der Waals surface area contributed by atoms with E-state index in [1.807, 2.05) is 4.90 Å². The van der Waals surface area contributed by atoms with E-state index < -0.39 is 11.6 Å². The van der Waals surface area contributed by atoms with Crippen molar-refractivity contribution in [2.75, 3.05) is 50.9 Å². The highest BCUT2D eigenvalue weighted by molar-refractivity contribution is 6.03. The summed E-state index contributed by atoms with van der Waals surface area (Å²) in [5, 5.41) is 14.1. The fraction of sp³-hybridized carbons (Fsp3) is 0.475. The molecule has 53 heavy (non-hydrogen) atoms. The first-order valence-electron chi connectivity index (χ1n) is 18.5. The zero-order chi connectivity index (χ0) is 36.7. The molecule has 4 fully saturated rings. The van der Waals surface area contributed by atoms with Gasteiger partial charge in [-0.25, -0.2) is 8.78 Å². The highest BCUT2D eigenvalue weighted by atomic mass is 19.1. The number of rotatable bonds is 8. The number of terminal acetylenes is 1. The largest absolute Gasteiger partial charge is 0.508 e. The second-order valence-corrected chi connectivity index (χ2v) is 14.9. The van der Waals surface area contributed by atoms with E-state index in [4.69, 9.17) is 20.9 Å². The van der Waals surface area contributed by atoms with Gasteiger partial charge in [0.15, 0.2) is 5.82 Å². The average Bonchev–Trinajstić information content (AvgIpc) is 3.39. The van der Waals surface area contributed by atoms with Crippen LogP contribution in [0.5, 0.6) is 11.8 Å². The Hall–Kier alpha value is -4.93. The highest BCUT2D eigenvalue weighted by Crippen LogP contribution is 2.48. The first-order valence-corrected chi connectivity index (χ1v) is 18.5. The molecule has 13 heteroatoms. The van der Waals surface area contributed by atoms with Crippen LogP contribution in [0, 0.1) is 35.3 Å². The van der Waals surface area contributed by atoms with Crippen LogP contribution in [0.2, 0.25) is 0 Å². The molecule has 0 spiro atoms. The number of phenols is 1. The Labute approximate surface area is 306 Å². The van der Waals surface area contributed by atoms with Gasteiger partial charge in [0.05, 0.1) is 24.2 Å². The number of benzene rings is 2. The van der Waals surface area contributed by atoms with E-state index in [-0.39, 0.29) is 68.7 Å². The van der Waals surface area contributed by atoms with Crippen molar-refractivity contribution >= 4 is 39.3 Å².